The number of ketones is 1. The van der Waals surface area contributed by atoms with E-state index in [0.717, 1.165) is 0 Å². The Balaban J connectivity index is 1.61. The highest BCUT2D eigenvalue weighted by Crippen LogP contribution is 2.43. The van der Waals surface area contributed by atoms with Crippen molar-refractivity contribution in [3.63, 3.8) is 0 Å². The molecule has 0 radical (unpaired) electrons. The Labute approximate surface area is 178 Å². The van der Waals surface area contributed by atoms with Gasteiger partial charge in [-0.25, -0.2) is 8.42 Å². The molecule has 2 heterocycles. The van der Waals surface area contributed by atoms with Crippen LogP contribution in [0.4, 0.5) is 20.2 Å². The summed E-state index contributed by atoms with van der Waals surface area (Å²) in [5, 5.41) is 0. The fourth-order valence-corrected chi connectivity index (χ4v) is 6.64. The van der Waals surface area contributed by atoms with Crippen LogP contribution in [0.1, 0.15) is 42.1 Å². The van der Waals surface area contributed by atoms with Crippen molar-refractivity contribution < 1.29 is 31.5 Å². The molecule has 6 nitrogen and oxygen atoms in total. The summed E-state index contributed by atoms with van der Waals surface area (Å²) in [5.74, 6) is -1.01. The number of nitrogens with zero attached hydrogens (tertiary/aromatic N) is 1. The Morgan fingerprint density at radius 2 is 1.94 bits per heavy atom. The average molecular weight is 449 g/mol. The number of carbonyl (C=O) groups is 2. The smallest absolute Gasteiger partial charge is 0.387 e. The molecule has 0 saturated carbocycles. The highest BCUT2D eigenvalue weighted by molar-refractivity contribution is 7.92. The monoisotopic (exact) mass is 449 g/mol. The van der Waals surface area contributed by atoms with Crippen LogP contribution < -0.4 is 9.64 Å². The summed E-state index contributed by atoms with van der Waals surface area (Å²) < 4.78 is 52.5. The summed E-state index contributed by atoms with van der Waals surface area (Å²) in [6.45, 7) is 0.521. The van der Waals surface area contributed by atoms with Gasteiger partial charge in [0.1, 0.15) is 5.75 Å². The van der Waals surface area contributed by atoms with Crippen LogP contribution in [-0.4, -0.2) is 38.2 Å². The van der Waals surface area contributed by atoms with E-state index in [1.54, 1.807) is 38.1 Å². The van der Waals surface area contributed by atoms with Crippen molar-refractivity contribution in [2.45, 2.75) is 32.8 Å². The first-order chi connectivity index (χ1) is 14.5. The maximum absolute atomic E-state index is 12.9. The van der Waals surface area contributed by atoms with E-state index in [2.05, 4.69) is 4.74 Å². The molecule has 2 aliphatic rings. The van der Waals surface area contributed by atoms with Crippen molar-refractivity contribution >= 4 is 32.9 Å². The summed E-state index contributed by atoms with van der Waals surface area (Å²) >= 11 is 0. The van der Waals surface area contributed by atoms with Crippen molar-refractivity contribution in [1.29, 1.82) is 0 Å². The number of amides is 1. The third-order valence-electron chi connectivity index (χ3n) is 5.67. The zero-order chi connectivity index (χ0) is 22.6. The maximum Gasteiger partial charge on any atom is 0.387 e. The second kappa shape index (κ2) is 7.40. The fourth-order valence-electron chi connectivity index (χ4n) is 4.40. The molecule has 1 atom stereocenters. The summed E-state index contributed by atoms with van der Waals surface area (Å²) in [6, 6.07) is 10.8. The van der Waals surface area contributed by atoms with Gasteiger partial charge < -0.3 is 4.74 Å². The molecule has 2 aliphatic heterocycles. The Morgan fingerprint density at radius 1 is 1.23 bits per heavy atom. The molecule has 1 unspecified atom stereocenters. The Hall–Kier alpha value is -2.81. The van der Waals surface area contributed by atoms with E-state index in [9.17, 15) is 26.8 Å². The predicted octanol–water partition coefficient (Wildman–Crippen LogP) is 4.08. The van der Waals surface area contributed by atoms with Gasteiger partial charge in [0.15, 0.2) is 15.6 Å². The lowest BCUT2D eigenvalue weighted by atomic mass is 9.86. The molecule has 1 amide bonds. The van der Waals surface area contributed by atoms with Gasteiger partial charge in [-0.2, -0.15) is 8.78 Å². The van der Waals surface area contributed by atoms with Crippen molar-refractivity contribution in [3.05, 3.63) is 53.6 Å². The first-order valence-corrected chi connectivity index (χ1v) is 11.6. The minimum Gasteiger partial charge on any atom is -0.435 e. The number of rotatable bonds is 6. The van der Waals surface area contributed by atoms with Crippen molar-refractivity contribution in [2.24, 2.45) is 5.41 Å². The van der Waals surface area contributed by atoms with Gasteiger partial charge in [-0.15, -0.1) is 0 Å². The van der Waals surface area contributed by atoms with Crippen LogP contribution in [-0.2, 0) is 14.6 Å². The number of benzene rings is 2. The fraction of sp³-hybridized carbons (Fsp3) is 0.364. The Bertz CT molecular complexity index is 1170. The number of sulfone groups is 1. The third kappa shape index (κ3) is 4.06. The number of anilines is 2. The topological polar surface area (TPSA) is 80.8 Å². The van der Waals surface area contributed by atoms with Gasteiger partial charge >= 0.3 is 6.61 Å². The second-order valence-corrected chi connectivity index (χ2v) is 10.6. The molecular formula is C22H21F2NO5S. The van der Waals surface area contributed by atoms with E-state index >= 15 is 0 Å². The molecule has 0 bridgehead atoms. The van der Waals surface area contributed by atoms with Crippen LogP contribution in [0.3, 0.4) is 0 Å². The van der Waals surface area contributed by atoms with Crippen molar-refractivity contribution in [1.82, 2.24) is 0 Å². The molecule has 0 N–H and O–H groups in total. The predicted molar refractivity (Wildman–Crippen MR) is 111 cm³/mol. The number of hydrogen-bond acceptors (Lipinski definition) is 5. The molecule has 2 aromatic rings. The zero-order valence-electron chi connectivity index (χ0n) is 17.0. The lowest BCUT2D eigenvalue weighted by molar-refractivity contribution is -0.118. The molecule has 4 rings (SSSR count). The molecule has 0 spiro atoms. The van der Waals surface area contributed by atoms with E-state index < -0.39 is 27.8 Å². The van der Waals surface area contributed by atoms with Crippen LogP contribution in [0.2, 0.25) is 0 Å². The number of ether oxygens (including phenoxy) is 1. The lowest BCUT2D eigenvalue weighted by Gasteiger charge is -2.37. The van der Waals surface area contributed by atoms with E-state index in [1.165, 1.54) is 23.1 Å². The first-order valence-electron chi connectivity index (χ1n) is 9.74. The lowest BCUT2D eigenvalue weighted by Crippen LogP contribution is -2.47. The number of hydrogen-bond donors (Lipinski definition) is 0. The second-order valence-electron chi connectivity index (χ2n) is 8.49. The average Bonchev–Trinajstić information content (AvgIpc) is 2.89. The van der Waals surface area contributed by atoms with Crippen LogP contribution in [0.15, 0.2) is 42.5 Å². The van der Waals surface area contributed by atoms with E-state index in [-0.39, 0.29) is 35.4 Å². The summed E-state index contributed by atoms with van der Waals surface area (Å²) in [6.07, 6.45) is 0.115. The summed E-state index contributed by atoms with van der Waals surface area (Å²) in [5.41, 5.74) is 1.47. The molecule has 2 aromatic carbocycles. The van der Waals surface area contributed by atoms with Crippen LogP contribution in [0.25, 0.3) is 0 Å². The first kappa shape index (κ1) is 21.4. The molecule has 1 saturated heterocycles. The van der Waals surface area contributed by atoms with Crippen molar-refractivity contribution in [2.75, 3.05) is 16.4 Å². The highest BCUT2D eigenvalue weighted by Gasteiger charge is 2.46. The standard InChI is InChI=1S/C22H21F2NO5S/c1-13-17-8-14(19(26)10-22(2)11-31(28,29)12-22)6-7-18(17)25(20(13)27)15-4-3-5-16(9-15)30-21(23)24/h3-9,13,21H,10-12H2,1-2H3. The van der Waals surface area contributed by atoms with Gasteiger partial charge in [0.2, 0.25) is 5.91 Å². The van der Waals surface area contributed by atoms with Crippen LogP contribution in [0, 0.1) is 5.41 Å². The van der Waals surface area contributed by atoms with Gasteiger partial charge in [-0.05, 0) is 42.8 Å². The molecule has 0 aliphatic carbocycles. The van der Waals surface area contributed by atoms with Gasteiger partial charge in [-0.3, -0.25) is 14.5 Å². The minimum absolute atomic E-state index is 0.00360. The molecule has 9 heteroatoms. The molecular weight excluding hydrogens is 428 g/mol. The number of carbonyl (C=O) groups excluding carboxylic acids is 2. The van der Waals surface area contributed by atoms with Crippen LogP contribution in [0.5, 0.6) is 5.75 Å². The van der Waals surface area contributed by atoms with Gasteiger partial charge in [0.25, 0.3) is 0 Å². The largest absolute Gasteiger partial charge is 0.435 e. The number of fused-ring (bicyclic) bond motifs is 1. The SMILES string of the molecule is CC1C(=O)N(c2cccc(OC(F)F)c2)c2ccc(C(=O)CC3(C)CS(=O)(=O)C3)cc21. The summed E-state index contributed by atoms with van der Waals surface area (Å²) in [4.78, 5) is 27.1. The summed E-state index contributed by atoms with van der Waals surface area (Å²) in [7, 11) is -3.05. The normalized spacial score (nSPS) is 21.0. The molecule has 1 fully saturated rings. The van der Waals surface area contributed by atoms with Gasteiger partial charge in [0.05, 0.1) is 28.8 Å². The Kier molecular flexibility index (Phi) is 5.12. The molecule has 0 aromatic heterocycles. The maximum atomic E-state index is 12.9. The Morgan fingerprint density at radius 3 is 2.58 bits per heavy atom. The van der Waals surface area contributed by atoms with E-state index in [4.69, 9.17) is 0 Å². The number of alkyl halides is 2. The van der Waals surface area contributed by atoms with Crippen LogP contribution >= 0.6 is 0 Å². The van der Waals surface area contributed by atoms with Crippen molar-refractivity contribution in [3.8, 4) is 5.75 Å². The highest BCUT2D eigenvalue weighted by atomic mass is 32.2. The molecule has 31 heavy (non-hydrogen) atoms. The number of Topliss-reactive ketones (excluding diaryl/α,β-unsaturated/α-hetero) is 1. The number of halogens is 2. The molecule has 164 valence electrons. The van der Waals surface area contributed by atoms with Gasteiger partial charge in [-0.1, -0.05) is 13.0 Å². The quantitative estimate of drug-likeness (QED) is 0.621. The van der Waals surface area contributed by atoms with Gasteiger partial charge in [0, 0.05) is 23.5 Å². The van der Waals surface area contributed by atoms with E-state index in [1.807, 2.05) is 0 Å². The third-order valence-corrected chi connectivity index (χ3v) is 7.95. The minimum atomic E-state index is -3.05. The van der Waals surface area contributed by atoms with E-state index in [0.29, 0.717) is 22.5 Å². The zero-order valence-corrected chi connectivity index (χ0v) is 17.8.